The fourth-order valence-electron chi connectivity index (χ4n) is 7.50. The van der Waals surface area contributed by atoms with E-state index in [0.717, 1.165) is 43.7 Å². The van der Waals surface area contributed by atoms with Gasteiger partial charge in [0.2, 0.25) is 0 Å². The first kappa shape index (κ1) is 26.1. The fraction of sp³-hybridized carbons (Fsp3) is 0.0465. The molecule has 0 fully saturated rings. The summed E-state index contributed by atoms with van der Waals surface area (Å²) in [5.74, 6) is 0.876. The number of fused-ring (bicyclic) bond motifs is 4. The molecule has 0 radical (unpaired) electrons. The summed E-state index contributed by atoms with van der Waals surface area (Å²) in [5, 5.41) is 9.76. The molecule has 6 heteroatoms. The number of aryl methyl sites for hydroxylation is 1. The molecule has 2 aromatic heterocycles. The number of anilines is 3. The SMILES string of the molecule is [2H]C([2H])([2H])N1ON(c2cccc([Si](c3ccccc3)(c3ccccc3)c3ccc4c5ccccc5n(-c5cc(C)ccn5)c4c3)c2)c2ccccc21. The Kier molecular flexibility index (Phi) is 6.18. The smallest absolute Gasteiger partial charge is 0.179 e. The third-order valence-electron chi connectivity index (χ3n) is 9.65. The highest BCUT2D eigenvalue weighted by atomic mass is 28.3. The van der Waals surface area contributed by atoms with Gasteiger partial charge < -0.3 is 0 Å². The third-order valence-corrected chi connectivity index (χ3v) is 14.4. The van der Waals surface area contributed by atoms with Crippen molar-refractivity contribution in [3.05, 3.63) is 176 Å². The number of para-hydroxylation sites is 3. The molecule has 0 amide bonds. The van der Waals surface area contributed by atoms with E-state index in [1.165, 1.54) is 20.9 Å². The van der Waals surface area contributed by atoms with Gasteiger partial charge in [-0.1, -0.05) is 115 Å². The van der Waals surface area contributed by atoms with Crippen molar-refractivity contribution in [2.45, 2.75) is 6.92 Å². The number of aromatic nitrogens is 2. The molecular weight excluding hydrogens is 617 g/mol. The predicted molar refractivity (Wildman–Crippen MR) is 205 cm³/mol. The van der Waals surface area contributed by atoms with E-state index in [4.69, 9.17) is 14.0 Å². The van der Waals surface area contributed by atoms with Gasteiger partial charge in [-0.05, 0) is 81.8 Å². The van der Waals surface area contributed by atoms with E-state index in [-0.39, 0.29) is 0 Å². The Morgan fingerprint density at radius 2 is 1.22 bits per heavy atom. The van der Waals surface area contributed by atoms with Crippen LogP contribution in [0.2, 0.25) is 0 Å². The quantitative estimate of drug-likeness (QED) is 0.139. The van der Waals surface area contributed by atoms with Crippen LogP contribution in [0.25, 0.3) is 27.6 Å². The summed E-state index contributed by atoms with van der Waals surface area (Å²) < 4.78 is 26.9. The van der Waals surface area contributed by atoms with Crippen LogP contribution in [-0.4, -0.2) is 24.6 Å². The summed E-state index contributed by atoms with van der Waals surface area (Å²) in [6.45, 7) is -0.394. The van der Waals surface area contributed by atoms with E-state index in [1.807, 2.05) is 36.5 Å². The number of hydroxylamine groups is 1. The Labute approximate surface area is 291 Å². The molecule has 236 valence electrons. The van der Waals surface area contributed by atoms with Crippen LogP contribution in [0.15, 0.2) is 170 Å². The van der Waals surface area contributed by atoms with Crippen LogP contribution in [0.1, 0.15) is 9.68 Å². The van der Waals surface area contributed by atoms with E-state index < -0.39 is 15.0 Å². The number of nitrogens with zero attached hydrogens (tertiary/aromatic N) is 4. The van der Waals surface area contributed by atoms with Crippen molar-refractivity contribution in [1.82, 2.24) is 9.55 Å². The Balaban J connectivity index is 1.34. The van der Waals surface area contributed by atoms with Crippen LogP contribution >= 0.6 is 0 Å². The van der Waals surface area contributed by atoms with Gasteiger partial charge in [0.05, 0.1) is 28.1 Å². The molecule has 1 aliphatic heterocycles. The van der Waals surface area contributed by atoms with Crippen LogP contribution in [-0.2, 0) is 4.94 Å². The summed E-state index contributed by atoms with van der Waals surface area (Å²) in [6.07, 6.45) is 1.87. The van der Waals surface area contributed by atoms with E-state index in [2.05, 4.69) is 139 Å². The minimum atomic E-state index is -3.07. The Morgan fingerprint density at radius 1 is 0.571 bits per heavy atom. The van der Waals surface area contributed by atoms with E-state index >= 15 is 0 Å². The first-order valence-electron chi connectivity index (χ1n) is 17.9. The Bertz CT molecular complexity index is 2550. The highest BCUT2D eigenvalue weighted by Gasteiger charge is 2.42. The van der Waals surface area contributed by atoms with Gasteiger partial charge in [0.15, 0.2) is 8.07 Å². The molecule has 0 saturated heterocycles. The second-order valence-corrected chi connectivity index (χ2v) is 16.3. The standard InChI is InChI=1S/C43H34N4OSi/c1-31-26-27-44-43(28-31)46-39-21-10-9-20-37(39)38-25-24-36(30-42(38)46)49(33-15-5-3-6-16-33,34-17-7-4-8-18-34)35-19-13-14-32(29-35)47-41-23-12-11-22-40(41)45(2)48-47/h3-30H,1-2H3/i2D3. The van der Waals surface area contributed by atoms with E-state index in [1.54, 1.807) is 11.1 Å². The minimum absolute atomic E-state index is 0.491. The van der Waals surface area contributed by atoms with Crippen molar-refractivity contribution in [2.75, 3.05) is 17.1 Å². The van der Waals surface area contributed by atoms with Crippen LogP contribution in [0.3, 0.4) is 0 Å². The van der Waals surface area contributed by atoms with Crippen LogP contribution < -0.4 is 30.9 Å². The van der Waals surface area contributed by atoms with Gasteiger partial charge >= 0.3 is 0 Å². The molecule has 8 aromatic rings. The molecule has 0 N–H and O–H groups in total. The second-order valence-electron chi connectivity index (χ2n) is 12.5. The zero-order valence-electron chi connectivity index (χ0n) is 29.9. The largest absolute Gasteiger partial charge is 0.294 e. The van der Waals surface area contributed by atoms with E-state index in [9.17, 15) is 0 Å². The maximum atomic E-state index is 8.20. The third kappa shape index (κ3) is 4.60. The predicted octanol–water partition coefficient (Wildman–Crippen LogP) is 7.30. The van der Waals surface area contributed by atoms with Crippen LogP contribution in [0.5, 0.6) is 0 Å². The Morgan fingerprint density at radius 3 is 1.98 bits per heavy atom. The monoisotopic (exact) mass is 653 g/mol. The van der Waals surface area contributed by atoms with Crippen molar-refractivity contribution >= 4 is 67.7 Å². The number of rotatable bonds is 6. The molecule has 0 bridgehead atoms. The first-order chi connectivity index (χ1) is 25.3. The summed E-state index contributed by atoms with van der Waals surface area (Å²) in [7, 11) is -3.07. The molecule has 5 nitrogen and oxygen atoms in total. The molecule has 3 heterocycles. The minimum Gasteiger partial charge on any atom is -0.294 e. The average molecular weight is 654 g/mol. The lowest BCUT2D eigenvalue weighted by Gasteiger charge is -2.35. The molecule has 0 saturated carbocycles. The average Bonchev–Trinajstić information content (AvgIpc) is 3.73. The van der Waals surface area contributed by atoms with Gasteiger partial charge in [0, 0.05) is 28.1 Å². The lowest BCUT2D eigenvalue weighted by molar-refractivity contribution is 0.142. The zero-order chi connectivity index (χ0) is 35.5. The molecule has 0 atom stereocenters. The van der Waals surface area contributed by atoms with Gasteiger partial charge in [-0.2, -0.15) is 5.06 Å². The maximum Gasteiger partial charge on any atom is 0.179 e. The van der Waals surface area contributed by atoms with Crippen molar-refractivity contribution < 1.29 is 9.05 Å². The summed E-state index contributed by atoms with van der Waals surface area (Å²) in [5.41, 5.74) is 5.22. The molecule has 1 aliphatic rings. The summed E-state index contributed by atoms with van der Waals surface area (Å²) in [6, 6.07) is 57.0. The number of pyridine rings is 1. The summed E-state index contributed by atoms with van der Waals surface area (Å²) >= 11 is 0. The van der Waals surface area contributed by atoms with Gasteiger partial charge in [0.25, 0.3) is 0 Å². The molecule has 49 heavy (non-hydrogen) atoms. The normalized spacial score (nSPS) is 14.1. The lowest BCUT2D eigenvalue weighted by atomic mass is 10.1. The zero-order valence-corrected chi connectivity index (χ0v) is 27.9. The van der Waals surface area contributed by atoms with Crippen molar-refractivity contribution in [2.24, 2.45) is 0 Å². The van der Waals surface area contributed by atoms with Crippen molar-refractivity contribution in [3.8, 4) is 5.82 Å². The maximum absolute atomic E-state index is 8.20. The molecule has 6 aromatic carbocycles. The number of hydrogen-bond acceptors (Lipinski definition) is 4. The van der Waals surface area contributed by atoms with Gasteiger partial charge in [-0.3, -0.25) is 4.57 Å². The molecule has 0 aliphatic carbocycles. The van der Waals surface area contributed by atoms with Gasteiger partial charge in [-0.15, -0.1) is 4.94 Å². The summed E-state index contributed by atoms with van der Waals surface area (Å²) in [4.78, 5) is 11.0. The molecule has 0 spiro atoms. The van der Waals surface area contributed by atoms with Crippen LogP contribution in [0.4, 0.5) is 17.1 Å². The highest BCUT2D eigenvalue weighted by Crippen LogP contribution is 2.40. The van der Waals surface area contributed by atoms with E-state index in [0.29, 0.717) is 11.4 Å². The van der Waals surface area contributed by atoms with Crippen LogP contribution in [0, 0.1) is 6.92 Å². The molecule has 0 unspecified atom stereocenters. The highest BCUT2D eigenvalue weighted by molar-refractivity contribution is 7.20. The topological polar surface area (TPSA) is 33.5 Å². The fourth-order valence-corrected chi connectivity index (χ4v) is 12.3. The van der Waals surface area contributed by atoms with Crippen molar-refractivity contribution in [1.29, 1.82) is 0 Å². The molecule has 9 rings (SSSR count). The number of benzene rings is 6. The Hall–Kier alpha value is -5.95. The molecular formula is C43H34N4OSi. The first-order valence-corrected chi connectivity index (χ1v) is 18.4. The van der Waals surface area contributed by atoms with Gasteiger partial charge in [-0.25, -0.2) is 10.0 Å². The lowest BCUT2D eigenvalue weighted by Crippen LogP contribution is -2.74. The van der Waals surface area contributed by atoms with Crippen molar-refractivity contribution in [3.63, 3.8) is 0 Å². The second kappa shape index (κ2) is 11.6. The number of hydrogen-bond donors (Lipinski definition) is 0. The van der Waals surface area contributed by atoms with Gasteiger partial charge in [0.1, 0.15) is 5.82 Å².